The number of thioether (sulfide) groups is 1. The Kier molecular flexibility index (Phi) is 5.24. The lowest BCUT2D eigenvalue weighted by molar-refractivity contribution is 0.101. The SMILES string of the molecule is COc1cc(C(C)=O)ccc1SCc1ccc(-n2ccnc2)cc1C. The van der Waals surface area contributed by atoms with Gasteiger partial charge in [0.1, 0.15) is 5.75 Å². The van der Waals surface area contributed by atoms with Crippen LogP contribution in [0.5, 0.6) is 5.75 Å². The smallest absolute Gasteiger partial charge is 0.159 e. The van der Waals surface area contributed by atoms with Crippen LogP contribution < -0.4 is 4.74 Å². The molecule has 3 aromatic rings. The molecule has 0 unspecified atom stereocenters. The van der Waals surface area contributed by atoms with Gasteiger partial charge in [-0.3, -0.25) is 4.79 Å². The van der Waals surface area contributed by atoms with Gasteiger partial charge in [0.25, 0.3) is 0 Å². The zero-order chi connectivity index (χ0) is 17.8. The molecule has 0 saturated heterocycles. The highest BCUT2D eigenvalue weighted by atomic mass is 32.2. The molecule has 0 amide bonds. The Hall–Kier alpha value is -2.53. The maximum atomic E-state index is 11.5. The highest BCUT2D eigenvalue weighted by molar-refractivity contribution is 7.98. The average Bonchev–Trinajstić information content (AvgIpc) is 3.15. The molecule has 0 aliphatic heterocycles. The van der Waals surface area contributed by atoms with Crippen LogP contribution in [0.3, 0.4) is 0 Å². The number of hydrogen-bond acceptors (Lipinski definition) is 4. The Morgan fingerprint density at radius 2 is 2.08 bits per heavy atom. The number of ether oxygens (including phenoxy) is 1. The summed E-state index contributed by atoms with van der Waals surface area (Å²) in [6.45, 7) is 3.68. The molecule has 0 radical (unpaired) electrons. The van der Waals surface area contributed by atoms with Gasteiger partial charge in [-0.05, 0) is 49.2 Å². The van der Waals surface area contributed by atoms with Crippen LogP contribution in [0.4, 0.5) is 0 Å². The van der Waals surface area contributed by atoms with Crippen LogP contribution in [0.15, 0.2) is 60.0 Å². The number of Topliss-reactive ketones (excluding diaryl/α,β-unsaturated/α-hetero) is 1. The van der Waals surface area contributed by atoms with Gasteiger partial charge in [-0.25, -0.2) is 4.98 Å². The second-order valence-corrected chi connectivity index (χ2v) is 6.81. The summed E-state index contributed by atoms with van der Waals surface area (Å²) in [5, 5.41) is 0. The van der Waals surface area contributed by atoms with Crippen molar-refractivity contribution in [1.82, 2.24) is 9.55 Å². The van der Waals surface area contributed by atoms with Crippen LogP contribution in [0.25, 0.3) is 5.69 Å². The van der Waals surface area contributed by atoms with E-state index in [1.807, 2.05) is 22.9 Å². The molecule has 0 saturated carbocycles. The van der Waals surface area contributed by atoms with Gasteiger partial charge < -0.3 is 9.30 Å². The van der Waals surface area contributed by atoms with E-state index in [9.17, 15) is 4.79 Å². The summed E-state index contributed by atoms with van der Waals surface area (Å²) in [7, 11) is 1.63. The Balaban J connectivity index is 1.76. The van der Waals surface area contributed by atoms with E-state index in [1.165, 1.54) is 11.1 Å². The number of benzene rings is 2. The van der Waals surface area contributed by atoms with E-state index < -0.39 is 0 Å². The minimum Gasteiger partial charge on any atom is -0.496 e. The predicted molar refractivity (Wildman–Crippen MR) is 101 cm³/mol. The fourth-order valence-corrected chi connectivity index (χ4v) is 3.66. The van der Waals surface area contributed by atoms with Crippen molar-refractivity contribution in [2.45, 2.75) is 24.5 Å². The van der Waals surface area contributed by atoms with Crippen molar-refractivity contribution in [3.8, 4) is 11.4 Å². The number of carbonyl (C=O) groups excluding carboxylic acids is 1. The lowest BCUT2D eigenvalue weighted by Gasteiger charge is -2.12. The maximum absolute atomic E-state index is 11.5. The molecule has 3 rings (SSSR count). The fraction of sp³-hybridized carbons (Fsp3) is 0.200. The Morgan fingerprint density at radius 1 is 1.24 bits per heavy atom. The van der Waals surface area contributed by atoms with Crippen LogP contribution >= 0.6 is 11.8 Å². The lowest BCUT2D eigenvalue weighted by atomic mass is 10.1. The summed E-state index contributed by atoms with van der Waals surface area (Å²) in [4.78, 5) is 16.6. The number of nitrogens with zero attached hydrogens (tertiary/aromatic N) is 2. The monoisotopic (exact) mass is 352 g/mol. The maximum Gasteiger partial charge on any atom is 0.159 e. The third-order valence-electron chi connectivity index (χ3n) is 4.08. The first kappa shape index (κ1) is 17.3. The first-order valence-electron chi connectivity index (χ1n) is 7.98. The van der Waals surface area contributed by atoms with Gasteiger partial charge in [0.2, 0.25) is 0 Å². The van der Waals surface area contributed by atoms with Crippen molar-refractivity contribution in [2.24, 2.45) is 0 Å². The van der Waals surface area contributed by atoms with Gasteiger partial charge in [-0.1, -0.05) is 12.1 Å². The number of aryl methyl sites for hydroxylation is 1. The van der Waals surface area contributed by atoms with Crippen LogP contribution in [0.2, 0.25) is 0 Å². The Morgan fingerprint density at radius 3 is 2.72 bits per heavy atom. The van der Waals surface area contributed by atoms with E-state index in [2.05, 4.69) is 30.1 Å². The van der Waals surface area contributed by atoms with Crippen LogP contribution in [-0.4, -0.2) is 22.4 Å². The first-order valence-corrected chi connectivity index (χ1v) is 8.96. The third kappa shape index (κ3) is 3.94. The first-order chi connectivity index (χ1) is 12.1. The van der Waals surface area contributed by atoms with Gasteiger partial charge in [-0.15, -0.1) is 11.8 Å². The highest BCUT2D eigenvalue weighted by Crippen LogP contribution is 2.33. The minimum atomic E-state index is 0.0424. The molecule has 4 nitrogen and oxygen atoms in total. The summed E-state index contributed by atoms with van der Waals surface area (Å²) in [6, 6.07) is 12.0. The van der Waals surface area contributed by atoms with E-state index >= 15 is 0 Å². The summed E-state index contributed by atoms with van der Waals surface area (Å²) >= 11 is 1.71. The second-order valence-electron chi connectivity index (χ2n) is 5.79. The number of aromatic nitrogens is 2. The molecule has 0 N–H and O–H groups in total. The second kappa shape index (κ2) is 7.57. The number of ketones is 1. The summed E-state index contributed by atoms with van der Waals surface area (Å²) in [5.41, 5.74) is 4.28. The molecule has 0 bridgehead atoms. The van der Waals surface area contributed by atoms with E-state index in [4.69, 9.17) is 4.74 Å². The van der Waals surface area contributed by atoms with Crippen molar-refractivity contribution >= 4 is 17.5 Å². The molecule has 0 atom stereocenters. The van der Waals surface area contributed by atoms with Gasteiger partial charge in [0.15, 0.2) is 5.78 Å². The van der Waals surface area contributed by atoms with E-state index in [1.54, 1.807) is 44.4 Å². The van der Waals surface area contributed by atoms with Crippen molar-refractivity contribution in [1.29, 1.82) is 0 Å². The summed E-state index contributed by atoms with van der Waals surface area (Å²) in [5.74, 6) is 1.62. The van der Waals surface area contributed by atoms with E-state index in [0.717, 1.165) is 22.1 Å². The van der Waals surface area contributed by atoms with Crippen molar-refractivity contribution in [3.63, 3.8) is 0 Å². The number of imidazole rings is 1. The Labute approximate surface area is 151 Å². The topological polar surface area (TPSA) is 44.1 Å². The molecular weight excluding hydrogens is 332 g/mol. The van der Waals surface area contributed by atoms with Gasteiger partial charge in [0.05, 0.1) is 13.4 Å². The molecule has 0 fully saturated rings. The molecule has 0 spiro atoms. The molecular formula is C20H20N2O2S. The van der Waals surface area contributed by atoms with Crippen LogP contribution in [-0.2, 0) is 5.75 Å². The zero-order valence-corrected chi connectivity index (χ0v) is 15.3. The molecule has 25 heavy (non-hydrogen) atoms. The molecule has 2 aromatic carbocycles. The Bertz CT molecular complexity index is 889. The normalized spacial score (nSPS) is 10.7. The van der Waals surface area contributed by atoms with Crippen molar-refractivity contribution in [2.75, 3.05) is 7.11 Å². The van der Waals surface area contributed by atoms with Crippen molar-refractivity contribution < 1.29 is 9.53 Å². The molecule has 1 aromatic heterocycles. The third-order valence-corrected chi connectivity index (χ3v) is 5.19. The van der Waals surface area contributed by atoms with Crippen LogP contribution in [0.1, 0.15) is 28.4 Å². The molecule has 0 aliphatic rings. The molecule has 128 valence electrons. The highest BCUT2D eigenvalue weighted by Gasteiger charge is 2.09. The predicted octanol–water partition coefficient (Wildman–Crippen LogP) is 4.68. The van der Waals surface area contributed by atoms with E-state index in [-0.39, 0.29) is 5.78 Å². The molecule has 1 heterocycles. The summed E-state index contributed by atoms with van der Waals surface area (Å²) < 4.78 is 7.43. The van der Waals surface area contributed by atoms with E-state index in [0.29, 0.717) is 5.56 Å². The number of rotatable bonds is 6. The van der Waals surface area contributed by atoms with Gasteiger partial charge >= 0.3 is 0 Å². The zero-order valence-electron chi connectivity index (χ0n) is 14.5. The fourth-order valence-electron chi connectivity index (χ4n) is 2.58. The number of methoxy groups -OCH3 is 1. The summed E-state index contributed by atoms with van der Waals surface area (Å²) in [6.07, 6.45) is 5.51. The standard InChI is InChI=1S/C20H20N2O2S/c1-14-10-18(22-9-8-21-13-22)6-4-17(14)12-25-20-7-5-16(15(2)23)11-19(20)24-3/h4-11,13H,12H2,1-3H3. The largest absolute Gasteiger partial charge is 0.496 e. The average molecular weight is 352 g/mol. The van der Waals surface area contributed by atoms with Crippen LogP contribution in [0, 0.1) is 6.92 Å². The minimum absolute atomic E-state index is 0.0424. The molecule has 0 aliphatic carbocycles. The lowest BCUT2D eigenvalue weighted by Crippen LogP contribution is -1.96. The molecule has 5 heteroatoms. The van der Waals surface area contributed by atoms with Crippen molar-refractivity contribution in [3.05, 3.63) is 71.8 Å². The van der Waals surface area contributed by atoms with Gasteiger partial charge in [-0.2, -0.15) is 0 Å². The number of hydrogen-bond donors (Lipinski definition) is 0. The number of carbonyl (C=O) groups is 1. The quantitative estimate of drug-likeness (QED) is 0.477. The van der Waals surface area contributed by atoms with Gasteiger partial charge in [0, 0.05) is 34.3 Å².